The number of rotatable bonds is 16. The molecule has 4 heterocycles. The molecule has 15 heteroatoms. The van der Waals surface area contributed by atoms with E-state index in [2.05, 4.69) is 26.3 Å². The van der Waals surface area contributed by atoms with Crippen LogP contribution in [0, 0.1) is 0 Å². The maximum atomic E-state index is 14.8. The van der Waals surface area contributed by atoms with Gasteiger partial charge in [-0.25, -0.2) is 0 Å². The Hall–Kier alpha value is -8.20. The number of piperidine rings is 1. The Bertz CT molecular complexity index is 2680. The number of pyridine rings is 1. The van der Waals surface area contributed by atoms with E-state index in [0.717, 1.165) is 16.0 Å². The lowest BCUT2D eigenvalue weighted by atomic mass is 10.0. The zero-order valence-corrected chi connectivity index (χ0v) is 34.4. The van der Waals surface area contributed by atoms with Gasteiger partial charge in [-0.3, -0.25) is 53.7 Å². The van der Waals surface area contributed by atoms with Crippen LogP contribution in [-0.2, 0) is 19.2 Å². The summed E-state index contributed by atoms with van der Waals surface area (Å²) in [6.45, 7) is 0.611. The van der Waals surface area contributed by atoms with Crippen LogP contribution in [0.4, 0.5) is 11.4 Å². The monoisotopic (exact) mass is 857 g/mol. The summed E-state index contributed by atoms with van der Waals surface area (Å²) in [5, 5.41) is 11.3. The first-order chi connectivity index (χ1) is 31.2. The molecule has 0 radical (unpaired) electrons. The van der Waals surface area contributed by atoms with Gasteiger partial charge in [-0.1, -0.05) is 84.9 Å². The Balaban J connectivity index is 0.962. The summed E-state index contributed by atoms with van der Waals surface area (Å²) in [6.07, 6.45) is 5.56. The molecule has 8 rings (SSSR count). The molecule has 4 aromatic carbocycles. The fourth-order valence-electron chi connectivity index (χ4n) is 7.92. The average molecular weight is 858 g/mol. The fourth-order valence-corrected chi connectivity index (χ4v) is 7.92. The summed E-state index contributed by atoms with van der Waals surface area (Å²) in [5.74, 6) is -4.04. The molecule has 0 aliphatic carbocycles. The van der Waals surface area contributed by atoms with Gasteiger partial charge in [0, 0.05) is 48.8 Å². The quantitative estimate of drug-likeness (QED) is 0.0662. The molecular weight excluding hydrogens is 815 g/mol. The van der Waals surface area contributed by atoms with Crippen molar-refractivity contribution in [3.63, 3.8) is 0 Å². The van der Waals surface area contributed by atoms with Crippen LogP contribution >= 0.6 is 0 Å². The maximum Gasteiger partial charge on any atom is 0.294 e. The van der Waals surface area contributed by atoms with Crippen LogP contribution in [0.15, 0.2) is 150 Å². The SMILES string of the molecule is O=C1CCC(N2C(=O)c3cccc(NCCCCNC(=O)[C@@H](NC(=O)[C@@H](c4cccnc4)N(C(=O)c4ccco4)c4ccc(-c5ccccc5)cc4)c4ccccc4)c3C2=O)C(=O)N1. The first-order valence-electron chi connectivity index (χ1n) is 20.8. The van der Waals surface area contributed by atoms with Crippen LogP contribution in [0.5, 0.6) is 0 Å². The number of aromatic nitrogens is 1. The normalized spacial score (nSPS) is 15.4. The molecule has 7 amide bonds. The minimum atomic E-state index is -1.29. The standard InChI is InChI=1S/C49H43N7O8/c57-40-25-24-38(44(58)53-40)56-47(61)36-17-9-18-37(41(36)49(56)63)51-27-7-8-28-52-45(59)42(33-14-5-2-6-15-33)54-46(60)43(34-16-10-26-50-30-34)55(48(62)39-19-11-29-64-39)35-22-20-32(21-23-35)31-12-3-1-4-13-31/h1-6,9-23,26,29-30,38,42-43,51H,7-8,24-25,27-28H2,(H,52,59)(H,54,60)(H,53,57,58)/t38?,42-,43+/m0/s1. The first kappa shape index (κ1) is 42.5. The number of carbonyl (C=O) groups excluding carboxylic acids is 7. The maximum absolute atomic E-state index is 14.8. The highest BCUT2D eigenvalue weighted by Gasteiger charge is 2.45. The number of furan rings is 1. The molecule has 0 saturated carbocycles. The van der Waals surface area contributed by atoms with E-state index in [1.54, 1.807) is 79.0 Å². The average Bonchev–Trinajstić information content (AvgIpc) is 3.96. The number of nitrogens with zero attached hydrogens (tertiary/aromatic N) is 3. The van der Waals surface area contributed by atoms with Crippen molar-refractivity contribution in [1.82, 2.24) is 25.8 Å². The third-order valence-corrected chi connectivity index (χ3v) is 11.1. The zero-order chi connectivity index (χ0) is 44.6. The van der Waals surface area contributed by atoms with Gasteiger partial charge < -0.3 is 20.4 Å². The summed E-state index contributed by atoms with van der Waals surface area (Å²) in [5.41, 5.74) is 3.94. The van der Waals surface area contributed by atoms with Gasteiger partial charge in [0.2, 0.25) is 23.6 Å². The zero-order valence-electron chi connectivity index (χ0n) is 34.4. The van der Waals surface area contributed by atoms with Gasteiger partial charge in [-0.05, 0) is 78.4 Å². The van der Waals surface area contributed by atoms with Gasteiger partial charge >= 0.3 is 0 Å². The lowest BCUT2D eigenvalue weighted by Gasteiger charge is -2.32. The molecular formula is C49H43N7O8. The molecule has 4 N–H and O–H groups in total. The second-order valence-corrected chi connectivity index (χ2v) is 15.2. The third kappa shape index (κ3) is 9.04. The number of hydrogen-bond donors (Lipinski definition) is 4. The number of fused-ring (bicyclic) bond motifs is 1. The highest BCUT2D eigenvalue weighted by molar-refractivity contribution is 6.25. The minimum absolute atomic E-state index is 0.00612. The molecule has 2 aromatic heterocycles. The number of imide groups is 2. The number of carbonyl (C=O) groups is 7. The van der Waals surface area contributed by atoms with Crippen molar-refractivity contribution in [2.75, 3.05) is 23.3 Å². The second-order valence-electron chi connectivity index (χ2n) is 15.2. The summed E-state index contributed by atoms with van der Waals surface area (Å²) in [7, 11) is 0. The van der Waals surface area contributed by atoms with E-state index in [9.17, 15) is 33.6 Å². The largest absolute Gasteiger partial charge is 0.459 e. The van der Waals surface area contributed by atoms with Crippen molar-refractivity contribution < 1.29 is 38.0 Å². The predicted octanol–water partition coefficient (Wildman–Crippen LogP) is 6.00. The van der Waals surface area contributed by atoms with Gasteiger partial charge in [0.05, 0.1) is 17.4 Å². The topological polar surface area (TPSA) is 200 Å². The van der Waals surface area contributed by atoms with E-state index in [1.165, 1.54) is 29.5 Å². The van der Waals surface area contributed by atoms with Crippen LogP contribution in [0.25, 0.3) is 11.1 Å². The second kappa shape index (κ2) is 19.2. The van der Waals surface area contributed by atoms with Crippen LogP contribution in [-0.4, -0.2) is 70.4 Å². The molecule has 1 unspecified atom stereocenters. The fraction of sp³-hybridized carbons (Fsp3) is 0.184. The molecule has 2 aliphatic heterocycles. The predicted molar refractivity (Wildman–Crippen MR) is 236 cm³/mol. The van der Waals surface area contributed by atoms with Gasteiger partial charge in [0.25, 0.3) is 17.7 Å². The van der Waals surface area contributed by atoms with E-state index < -0.39 is 59.5 Å². The molecule has 3 atom stereocenters. The number of amides is 7. The van der Waals surface area contributed by atoms with Gasteiger partial charge in [0.15, 0.2) is 5.76 Å². The van der Waals surface area contributed by atoms with Crippen molar-refractivity contribution in [2.45, 2.75) is 43.8 Å². The van der Waals surface area contributed by atoms with Crippen molar-refractivity contribution in [2.24, 2.45) is 0 Å². The molecule has 6 aromatic rings. The minimum Gasteiger partial charge on any atom is -0.459 e. The number of benzene rings is 4. The van der Waals surface area contributed by atoms with Gasteiger partial charge in [-0.15, -0.1) is 0 Å². The van der Waals surface area contributed by atoms with Crippen LogP contribution < -0.4 is 26.2 Å². The summed E-state index contributed by atoms with van der Waals surface area (Å²) < 4.78 is 5.54. The van der Waals surface area contributed by atoms with Crippen LogP contribution in [0.1, 0.15) is 80.2 Å². The van der Waals surface area contributed by atoms with E-state index >= 15 is 0 Å². The number of nitrogens with one attached hydrogen (secondary N) is 4. The number of anilines is 2. The molecule has 15 nitrogen and oxygen atoms in total. The molecule has 0 spiro atoms. The van der Waals surface area contributed by atoms with Crippen LogP contribution in [0.2, 0.25) is 0 Å². The van der Waals surface area contributed by atoms with E-state index in [0.29, 0.717) is 41.9 Å². The number of unbranched alkanes of at least 4 members (excludes halogenated alkanes) is 1. The highest BCUT2D eigenvalue weighted by Crippen LogP contribution is 2.34. The van der Waals surface area contributed by atoms with Gasteiger partial charge in [0.1, 0.15) is 18.1 Å². The summed E-state index contributed by atoms with van der Waals surface area (Å²) >= 11 is 0. The smallest absolute Gasteiger partial charge is 0.294 e. The van der Waals surface area contributed by atoms with Gasteiger partial charge in [-0.2, -0.15) is 0 Å². The van der Waals surface area contributed by atoms with Crippen molar-refractivity contribution in [3.05, 3.63) is 174 Å². The number of hydrogen-bond acceptors (Lipinski definition) is 10. The lowest BCUT2D eigenvalue weighted by Crippen LogP contribution is -2.54. The van der Waals surface area contributed by atoms with Crippen molar-refractivity contribution >= 4 is 52.7 Å². The Labute approximate surface area is 367 Å². The third-order valence-electron chi connectivity index (χ3n) is 11.1. The molecule has 64 heavy (non-hydrogen) atoms. The molecule has 1 saturated heterocycles. The van der Waals surface area contributed by atoms with E-state index in [-0.39, 0.29) is 36.3 Å². The molecule has 1 fully saturated rings. The Morgan fingerprint density at radius 3 is 2.17 bits per heavy atom. The van der Waals surface area contributed by atoms with Crippen molar-refractivity contribution in [1.29, 1.82) is 0 Å². The molecule has 0 bridgehead atoms. The first-order valence-corrected chi connectivity index (χ1v) is 20.8. The summed E-state index contributed by atoms with van der Waals surface area (Å²) in [6, 6.07) is 33.6. The molecule has 322 valence electrons. The van der Waals surface area contributed by atoms with Crippen LogP contribution in [0.3, 0.4) is 0 Å². The lowest BCUT2D eigenvalue weighted by molar-refractivity contribution is -0.136. The Morgan fingerprint density at radius 1 is 0.750 bits per heavy atom. The van der Waals surface area contributed by atoms with E-state index in [1.807, 2.05) is 42.5 Å². The summed E-state index contributed by atoms with van der Waals surface area (Å²) in [4.78, 5) is 101. The highest BCUT2D eigenvalue weighted by atomic mass is 16.3. The Kier molecular flexibility index (Phi) is 12.8. The molecule has 2 aliphatic rings. The van der Waals surface area contributed by atoms with Crippen molar-refractivity contribution in [3.8, 4) is 11.1 Å². The van der Waals surface area contributed by atoms with E-state index in [4.69, 9.17) is 4.42 Å². The Morgan fingerprint density at radius 2 is 1.47 bits per heavy atom.